The molecule has 2 heterocycles. The Labute approximate surface area is 170 Å². The Kier molecular flexibility index (Phi) is 4.64. The van der Waals surface area contributed by atoms with Gasteiger partial charge >= 0.3 is 0 Å². The number of carbonyl (C=O) groups is 1. The van der Waals surface area contributed by atoms with E-state index in [-0.39, 0.29) is 17.8 Å². The van der Waals surface area contributed by atoms with Crippen molar-refractivity contribution in [2.75, 3.05) is 19.6 Å². The highest BCUT2D eigenvalue weighted by molar-refractivity contribution is 5.94. The SMILES string of the molecule is O=C(c1ccc(F)cc1)N1CC(N2CCc3ccccc3C2c2ccccc2)C1. The molecule has 2 aliphatic rings. The minimum atomic E-state index is -0.319. The van der Waals surface area contributed by atoms with E-state index in [2.05, 4.69) is 59.5 Å². The number of likely N-dealkylation sites (tertiary alicyclic amines) is 1. The third-order valence-electron chi connectivity index (χ3n) is 6.15. The van der Waals surface area contributed by atoms with Gasteiger partial charge in [0.2, 0.25) is 0 Å². The molecule has 146 valence electrons. The van der Waals surface area contributed by atoms with Crippen molar-refractivity contribution in [2.24, 2.45) is 0 Å². The first-order valence-electron chi connectivity index (χ1n) is 10.1. The highest BCUT2D eigenvalue weighted by Gasteiger charge is 2.40. The quantitative estimate of drug-likeness (QED) is 0.670. The van der Waals surface area contributed by atoms with Crippen LogP contribution in [0, 0.1) is 5.82 Å². The normalized spacial score (nSPS) is 19.5. The minimum Gasteiger partial charge on any atom is -0.335 e. The first-order chi connectivity index (χ1) is 14.2. The zero-order valence-corrected chi connectivity index (χ0v) is 16.2. The van der Waals surface area contributed by atoms with E-state index >= 15 is 0 Å². The number of carbonyl (C=O) groups excluding carboxylic acids is 1. The van der Waals surface area contributed by atoms with Gasteiger partial charge in [0, 0.05) is 31.2 Å². The molecule has 1 saturated heterocycles. The van der Waals surface area contributed by atoms with Crippen LogP contribution >= 0.6 is 0 Å². The largest absolute Gasteiger partial charge is 0.335 e. The molecule has 2 aliphatic heterocycles. The van der Waals surface area contributed by atoms with Crippen LogP contribution in [0.4, 0.5) is 4.39 Å². The molecular weight excluding hydrogens is 363 g/mol. The number of benzene rings is 3. The second kappa shape index (κ2) is 7.45. The van der Waals surface area contributed by atoms with E-state index in [1.807, 2.05) is 4.90 Å². The van der Waals surface area contributed by atoms with Gasteiger partial charge in [0.25, 0.3) is 5.91 Å². The van der Waals surface area contributed by atoms with Gasteiger partial charge in [-0.3, -0.25) is 9.69 Å². The molecule has 4 heteroatoms. The standard InChI is InChI=1S/C25H23FN2O/c26-21-12-10-20(11-13-21)25(29)27-16-22(17-27)28-15-14-18-6-4-5-9-23(18)24(28)19-7-2-1-3-8-19/h1-13,22,24H,14-17H2. The first-order valence-corrected chi connectivity index (χ1v) is 10.1. The first kappa shape index (κ1) is 18.1. The maximum Gasteiger partial charge on any atom is 0.253 e. The average molecular weight is 386 g/mol. The van der Waals surface area contributed by atoms with E-state index in [0.717, 1.165) is 13.0 Å². The van der Waals surface area contributed by atoms with E-state index in [1.165, 1.54) is 28.8 Å². The van der Waals surface area contributed by atoms with E-state index in [0.29, 0.717) is 24.7 Å². The van der Waals surface area contributed by atoms with E-state index in [1.54, 1.807) is 12.1 Å². The Morgan fingerprint density at radius 3 is 2.31 bits per heavy atom. The van der Waals surface area contributed by atoms with Gasteiger partial charge in [0.05, 0.1) is 6.04 Å². The zero-order chi connectivity index (χ0) is 19.8. The summed E-state index contributed by atoms with van der Waals surface area (Å²) in [7, 11) is 0. The molecule has 0 radical (unpaired) electrons. The molecule has 3 nitrogen and oxygen atoms in total. The lowest BCUT2D eigenvalue weighted by molar-refractivity contribution is 0.0133. The molecule has 0 aliphatic carbocycles. The second-order valence-electron chi connectivity index (χ2n) is 7.87. The lowest BCUT2D eigenvalue weighted by Gasteiger charge is -2.50. The topological polar surface area (TPSA) is 23.6 Å². The van der Waals surface area contributed by atoms with Crippen molar-refractivity contribution in [1.82, 2.24) is 9.80 Å². The number of fused-ring (bicyclic) bond motifs is 1. The van der Waals surface area contributed by atoms with Crippen molar-refractivity contribution < 1.29 is 9.18 Å². The third-order valence-corrected chi connectivity index (χ3v) is 6.15. The molecule has 5 rings (SSSR count). The van der Waals surface area contributed by atoms with Gasteiger partial charge in [0.1, 0.15) is 5.82 Å². The fourth-order valence-electron chi connectivity index (χ4n) is 4.59. The lowest BCUT2D eigenvalue weighted by Crippen LogP contribution is -2.62. The molecular formula is C25H23FN2O. The number of amides is 1. The molecule has 3 aromatic rings. The van der Waals surface area contributed by atoms with Crippen molar-refractivity contribution >= 4 is 5.91 Å². The van der Waals surface area contributed by atoms with Crippen molar-refractivity contribution in [1.29, 1.82) is 0 Å². The highest BCUT2D eigenvalue weighted by Crippen LogP contribution is 2.38. The van der Waals surface area contributed by atoms with Gasteiger partial charge in [-0.1, -0.05) is 54.6 Å². The smallest absolute Gasteiger partial charge is 0.253 e. The zero-order valence-electron chi connectivity index (χ0n) is 16.2. The summed E-state index contributed by atoms with van der Waals surface area (Å²) in [5.41, 5.74) is 4.63. The maximum atomic E-state index is 13.1. The van der Waals surface area contributed by atoms with Crippen molar-refractivity contribution in [3.05, 3.63) is 107 Å². The van der Waals surface area contributed by atoms with Crippen LogP contribution in [0.15, 0.2) is 78.9 Å². The number of hydrogen-bond acceptors (Lipinski definition) is 2. The molecule has 0 saturated carbocycles. The predicted molar refractivity (Wildman–Crippen MR) is 111 cm³/mol. The number of nitrogens with zero attached hydrogens (tertiary/aromatic N) is 2. The summed E-state index contributed by atoms with van der Waals surface area (Å²) in [6.07, 6.45) is 1.03. The summed E-state index contributed by atoms with van der Waals surface area (Å²) in [6.45, 7) is 2.41. The van der Waals surface area contributed by atoms with Crippen LogP contribution in [0.3, 0.4) is 0 Å². The maximum absolute atomic E-state index is 13.1. The van der Waals surface area contributed by atoms with Gasteiger partial charge < -0.3 is 4.90 Å². The Balaban J connectivity index is 1.37. The Hall–Kier alpha value is -2.98. The molecule has 0 bridgehead atoms. The van der Waals surface area contributed by atoms with Crippen LogP contribution in [0.1, 0.15) is 33.1 Å². The Morgan fingerprint density at radius 2 is 1.55 bits per heavy atom. The number of rotatable bonds is 3. The minimum absolute atomic E-state index is 0.0186. The van der Waals surface area contributed by atoms with Crippen LogP contribution in [0.5, 0.6) is 0 Å². The Morgan fingerprint density at radius 1 is 0.862 bits per heavy atom. The summed E-state index contributed by atoms with van der Waals surface area (Å²) in [5, 5.41) is 0. The number of halogens is 1. The van der Waals surface area contributed by atoms with Gasteiger partial charge in [-0.25, -0.2) is 4.39 Å². The lowest BCUT2D eigenvalue weighted by atomic mass is 9.86. The van der Waals surface area contributed by atoms with Crippen molar-refractivity contribution in [3.8, 4) is 0 Å². The summed E-state index contributed by atoms with van der Waals surface area (Å²) in [6, 6.07) is 25.7. The summed E-state index contributed by atoms with van der Waals surface area (Å²) >= 11 is 0. The monoisotopic (exact) mass is 386 g/mol. The summed E-state index contributed by atoms with van der Waals surface area (Å²) < 4.78 is 13.1. The van der Waals surface area contributed by atoms with E-state index in [4.69, 9.17) is 0 Å². The molecule has 1 amide bonds. The molecule has 0 spiro atoms. The predicted octanol–water partition coefficient (Wildman–Crippen LogP) is 4.30. The van der Waals surface area contributed by atoms with Crippen molar-refractivity contribution in [2.45, 2.75) is 18.5 Å². The fraction of sp³-hybridized carbons (Fsp3) is 0.240. The molecule has 0 aromatic heterocycles. The van der Waals surface area contributed by atoms with Crippen LogP contribution in [0.25, 0.3) is 0 Å². The molecule has 1 unspecified atom stereocenters. The third kappa shape index (κ3) is 3.34. The fourth-order valence-corrected chi connectivity index (χ4v) is 4.59. The van der Waals surface area contributed by atoms with Crippen LogP contribution in [-0.4, -0.2) is 41.4 Å². The van der Waals surface area contributed by atoms with Crippen molar-refractivity contribution in [3.63, 3.8) is 0 Å². The summed E-state index contributed by atoms with van der Waals surface area (Å²) in [5.74, 6) is -0.337. The van der Waals surface area contributed by atoms with Gasteiger partial charge in [0.15, 0.2) is 0 Å². The van der Waals surface area contributed by atoms with Crippen LogP contribution in [-0.2, 0) is 6.42 Å². The van der Waals surface area contributed by atoms with Crippen LogP contribution < -0.4 is 0 Å². The average Bonchev–Trinajstić information content (AvgIpc) is 2.73. The molecule has 0 N–H and O–H groups in total. The van der Waals surface area contributed by atoms with E-state index in [9.17, 15) is 9.18 Å². The van der Waals surface area contributed by atoms with Gasteiger partial charge in [-0.15, -0.1) is 0 Å². The van der Waals surface area contributed by atoms with Gasteiger partial charge in [-0.2, -0.15) is 0 Å². The second-order valence-corrected chi connectivity index (χ2v) is 7.87. The molecule has 29 heavy (non-hydrogen) atoms. The molecule has 1 atom stereocenters. The molecule has 3 aromatic carbocycles. The molecule has 1 fully saturated rings. The van der Waals surface area contributed by atoms with Crippen LogP contribution in [0.2, 0.25) is 0 Å². The van der Waals surface area contributed by atoms with E-state index < -0.39 is 0 Å². The Bertz CT molecular complexity index is 1010. The summed E-state index contributed by atoms with van der Waals surface area (Å²) in [4.78, 5) is 17.1. The highest BCUT2D eigenvalue weighted by atomic mass is 19.1. The van der Waals surface area contributed by atoms with Gasteiger partial charge in [-0.05, 0) is 47.4 Å². The number of hydrogen-bond donors (Lipinski definition) is 0.